The molecule has 0 fully saturated rings. The number of aromatic nitrogens is 2. The van der Waals surface area contributed by atoms with Gasteiger partial charge in [-0.1, -0.05) is 20.8 Å². The van der Waals surface area contributed by atoms with Crippen LogP contribution in [0, 0.1) is 11.8 Å². The lowest BCUT2D eigenvalue weighted by Gasteiger charge is -2.09. The van der Waals surface area contributed by atoms with Crippen molar-refractivity contribution in [3.8, 4) is 0 Å². The van der Waals surface area contributed by atoms with Crippen LogP contribution >= 0.6 is 0 Å². The minimum atomic E-state index is 0.458. The summed E-state index contributed by atoms with van der Waals surface area (Å²) in [5, 5.41) is 0. The standard InChI is InChI=1S/C12H21N3/c1-9(2)6-11-4-5-14-12(15-11)7-10(3)8-13/h4-5,9-10H,6-8,13H2,1-3H3. The van der Waals surface area contributed by atoms with E-state index in [2.05, 4.69) is 30.7 Å². The van der Waals surface area contributed by atoms with Crippen LogP contribution in [-0.4, -0.2) is 16.5 Å². The van der Waals surface area contributed by atoms with Crippen LogP contribution in [0.5, 0.6) is 0 Å². The largest absolute Gasteiger partial charge is 0.330 e. The molecule has 0 bridgehead atoms. The van der Waals surface area contributed by atoms with Crippen molar-refractivity contribution in [1.29, 1.82) is 0 Å². The molecule has 0 amide bonds. The molecule has 0 saturated heterocycles. The van der Waals surface area contributed by atoms with Crippen molar-refractivity contribution in [3.63, 3.8) is 0 Å². The fraction of sp³-hybridized carbons (Fsp3) is 0.667. The summed E-state index contributed by atoms with van der Waals surface area (Å²) in [5.41, 5.74) is 6.72. The highest BCUT2D eigenvalue weighted by Crippen LogP contribution is 2.07. The van der Waals surface area contributed by atoms with Gasteiger partial charge in [0.05, 0.1) is 0 Å². The molecule has 0 aliphatic carbocycles. The Balaban J connectivity index is 2.65. The normalized spacial score (nSPS) is 13.1. The summed E-state index contributed by atoms with van der Waals surface area (Å²) in [6, 6.07) is 2.00. The van der Waals surface area contributed by atoms with E-state index in [0.29, 0.717) is 18.4 Å². The van der Waals surface area contributed by atoms with E-state index in [1.807, 2.05) is 12.3 Å². The smallest absolute Gasteiger partial charge is 0.128 e. The first-order chi connectivity index (χ1) is 7.11. The molecular formula is C12H21N3. The lowest BCUT2D eigenvalue weighted by atomic mass is 10.1. The molecule has 2 N–H and O–H groups in total. The molecule has 1 aromatic heterocycles. The molecule has 1 rings (SSSR count). The SMILES string of the molecule is CC(C)Cc1ccnc(CC(C)CN)n1. The van der Waals surface area contributed by atoms with Crippen LogP contribution in [0.3, 0.4) is 0 Å². The zero-order valence-corrected chi connectivity index (χ0v) is 9.90. The van der Waals surface area contributed by atoms with Crippen LogP contribution in [-0.2, 0) is 12.8 Å². The summed E-state index contributed by atoms with van der Waals surface area (Å²) >= 11 is 0. The fourth-order valence-electron chi connectivity index (χ4n) is 1.47. The van der Waals surface area contributed by atoms with Crippen molar-refractivity contribution in [1.82, 2.24) is 9.97 Å². The molecule has 3 heteroatoms. The zero-order valence-electron chi connectivity index (χ0n) is 9.90. The first-order valence-electron chi connectivity index (χ1n) is 5.62. The third-order valence-electron chi connectivity index (χ3n) is 2.31. The van der Waals surface area contributed by atoms with Gasteiger partial charge in [0, 0.05) is 18.3 Å². The van der Waals surface area contributed by atoms with Crippen LogP contribution in [0.15, 0.2) is 12.3 Å². The van der Waals surface area contributed by atoms with Crippen LogP contribution in [0.4, 0.5) is 0 Å². The Morgan fingerprint density at radius 1 is 1.27 bits per heavy atom. The second-order valence-corrected chi connectivity index (χ2v) is 4.61. The van der Waals surface area contributed by atoms with E-state index < -0.39 is 0 Å². The summed E-state index contributed by atoms with van der Waals surface area (Å²) in [4.78, 5) is 8.80. The van der Waals surface area contributed by atoms with E-state index in [-0.39, 0.29) is 0 Å². The van der Waals surface area contributed by atoms with Gasteiger partial charge < -0.3 is 5.73 Å². The molecule has 1 heterocycles. The lowest BCUT2D eigenvalue weighted by Crippen LogP contribution is -2.15. The van der Waals surface area contributed by atoms with Gasteiger partial charge in [0.25, 0.3) is 0 Å². The number of nitrogens with zero attached hydrogens (tertiary/aromatic N) is 2. The van der Waals surface area contributed by atoms with Crippen molar-refractivity contribution in [2.24, 2.45) is 17.6 Å². The Labute approximate surface area is 92.1 Å². The Kier molecular flexibility index (Phi) is 4.69. The van der Waals surface area contributed by atoms with Gasteiger partial charge in [-0.25, -0.2) is 9.97 Å². The molecule has 0 aliphatic heterocycles. The van der Waals surface area contributed by atoms with Crippen LogP contribution in [0.1, 0.15) is 32.3 Å². The Morgan fingerprint density at radius 2 is 2.00 bits per heavy atom. The third kappa shape index (κ3) is 4.38. The summed E-state index contributed by atoms with van der Waals surface area (Å²) in [6.45, 7) is 7.21. The van der Waals surface area contributed by atoms with E-state index in [0.717, 1.165) is 24.4 Å². The van der Waals surface area contributed by atoms with Crippen LogP contribution in [0.2, 0.25) is 0 Å². The van der Waals surface area contributed by atoms with E-state index >= 15 is 0 Å². The molecule has 15 heavy (non-hydrogen) atoms. The first kappa shape index (κ1) is 12.1. The topological polar surface area (TPSA) is 51.8 Å². The second-order valence-electron chi connectivity index (χ2n) is 4.61. The Hall–Kier alpha value is -0.960. The molecule has 3 nitrogen and oxygen atoms in total. The minimum Gasteiger partial charge on any atom is -0.330 e. The number of nitrogens with two attached hydrogens (primary N) is 1. The van der Waals surface area contributed by atoms with Crippen LogP contribution < -0.4 is 5.73 Å². The Morgan fingerprint density at radius 3 is 2.60 bits per heavy atom. The maximum Gasteiger partial charge on any atom is 0.128 e. The predicted octanol–water partition coefficient (Wildman–Crippen LogP) is 1.81. The van der Waals surface area contributed by atoms with Crippen molar-refractivity contribution in [3.05, 3.63) is 23.8 Å². The Bertz CT molecular complexity index is 297. The molecule has 1 atom stereocenters. The van der Waals surface area contributed by atoms with E-state index in [9.17, 15) is 0 Å². The monoisotopic (exact) mass is 207 g/mol. The van der Waals surface area contributed by atoms with Crippen molar-refractivity contribution < 1.29 is 0 Å². The average molecular weight is 207 g/mol. The average Bonchev–Trinajstić information content (AvgIpc) is 2.17. The van der Waals surface area contributed by atoms with Gasteiger partial charge in [-0.3, -0.25) is 0 Å². The minimum absolute atomic E-state index is 0.458. The molecule has 1 unspecified atom stereocenters. The summed E-state index contributed by atoms with van der Waals surface area (Å²) < 4.78 is 0. The molecule has 1 aromatic rings. The third-order valence-corrected chi connectivity index (χ3v) is 2.31. The summed E-state index contributed by atoms with van der Waals surface area (Å²) in [7, 11) is 0. The number of hydrogen-bond acceptors (Lipinski definition) is 3. The summed E-state index contributed by atoms with van der Waals surface area (Å²) in [5.74, 6) is 2.02. The van der Waals surface area contributed by atoms with Gasteiger partial charge in [0.15, 0.2) is 0 Å². The molecule has 0 spiro atoms. The zero-order chi connectivity index (χ0) is 11.3. The lowest BCUT2D eigenvalue weighted by molar-refractivity contribution is 0.566. The summed E-state index contributed by atoms with van der Waals surface area (Å²) in [6.07, 6.45) is 3.75. The van der Waals surface area contributed by atoms with E-state index in [1.54, 1.807) is 0 Å². The molecule has 84 valence electrons. The predicted molar refractivity (Wildman–Crippen MR) is 62.5 cm³/mol. The van der Waals surface area contributed by atoms with Gasteiger partial charge in [-0.15, -0.1) is 0 Å². The molecule has 0 aliphatic rings. The highest BCUT2D eigenvalue weighted by molar-refractivity contribution is 5.03. The maximum atomic E-state index is 5.58. The van der Waals surface area contributed by atoms with Crippen molar-refractivity contribution in [2.45, 2.75) is 33.6 Å². The first-order valence-corrected chi connectivity index (χ1v) is 5.62. The van der Waals surface area contributed by atoms with Gasteiger partial charge in [0.2, 0.25) is 0 Å². The van der Waals surface area contributed by atoms with Gasteiger partial charge in [-0.05, 0) is 30.9 Å². The molecule has 0 aromatic carbocycles. The number of hydrogen-bond donors (Lipinski definition) is 1. The van der Waals surface area contributed by atoms with Crippen molar-refractivity contribution >= 4 is 0 Å². The molecule has 0 radical (unpaired) electrons. The second kappa shape index (κ2) is 5.81. The van der Waals surface area contributed by atoms with Gasteiger partial charge in [-0.2, -0.15) is 0 Å². The van der Waals surface area contributed by atoms with Crippen LogP contribution in [0.25, 0.3) is 0 Å². The highest BCUT2D eigenvalue weighted by Gasteiger charge is 2.05. The van der Waals surface area contributed by atoms with E-state index in [1.165, 1.54) is 0 Å². The van der Waals surface area contributed by atoms with Crippen molar-refractivity contribution in [2.75, 3.05) is 6.54 Å². The van der Waals surface area contributed by atoms with Gasteiger partial charge >= 0.3 is 0 Å². The quantitative estimate of drug-likeness (QED) is 0.801. The number of rotatable bonds is 5. The molecular weight excluding hydrogens is 186 g/mol. The maximum absolute atomic E-state index is 5.58. The molecule has 0 saturated carbocycles. The highest BCUT2D eigenvalue weighted by atomic mass is 14.9. The van der Waals surface area contributed by atoms with Gasteiger partial charge in [0.1, 0.15) is 5.82 Å². The fourth-order valence-corrected chi connectivity index (χ4v) is 1.47. The van der Waals surface area contributed by atoms with E-state index in [4.69, 9.17) is 5.73 Å².